The van der Waals surface area contributed by atoms with Crippen molar-refractivity contribution in [3.8, 4) is 0 Å². The van der Waals surface area contributed by atoms with Crippen molar-refractivity contribution in [3.63, 3.8) is 0 Å². The van der Waals surface area contributed by atoms with E-state index in [1.807, 2.05) is 46.9 Å². The van der Waals surface area contributed by atoms with Gasteiger partial charge in [-0.3, -0.25) is 0 Å². The molecule has 5 aromatic rings. The lowest BCUT2D eigenvalue weighted by Gasteiger charge is -2.03. The highest BCUT2D eigenvalue weighted by Gasteiger charge is 2.28. The van der Waals surface area contributed by atoms with E-state index >= 15 is 0 Å². The lowest BCUT2D eigenvalue weighted by atomic mass is 10.0. The smallest absolute Gasteiger partial charge is 0.0543 e. The Morgan fingerprint density at radius 1 is 0.526 bits per heavy atom. The Labute approximate surface area is 250 Å². The van der Waals surface area contributed by atoms with Crippen molar-refractivity contribution in [2.75, 3.05) is 0 Å². The Morgan fingerprint density at radius 3 is 1.16 bits per heavy atom. The first-order valence-corrected chi connectivity index (χ1v) is 15.4. The zero-order valence-electron chi connectivity index (χ0n) is 20.4. The highest BCUT2D eigenvalue weighted by atomic mass is 32.1. The summed E-state index contributed by atoms with van der Waals surface area (Å²) in [6, 6.07) is 20.9. The quantitative estimate of drug-likeness (QED) is 0.147. The standard InChI is InChI=1S/C32H18S6/c1-15-23-11-17(13-25-27(33)19-7-3-4-8-20(19)28(25)34)38-32(23)16(2)24-12-18(37-31(15)24)14-26-29(35)21-9-5-6-10-22(21)30(26)36/h3-14H,1-2H3. The molecule has 0 spiro atoms. The summed E-state index contributed by atoms with van der Waals surface area (Å²) in [5.74, 6) is 0. The van der Waals surface area contributed by atoms with Gasteiger partial charge in [-0.25, -0.2) is 0 Å². The van der Waals surface area contributed by atoms with Gasteiger partial charge in [0.1, 0.15) is 0 Å². The number of aryl methyl sites for hydroxylation is 2. The van der Waals surface area contributed by atoms with Crippen molar-refractivity contribution in [1.29, 1.82) is 0 Å². The minimum atomic E-state index is 0.847. The van der Waals surface area contributed by atoms with Gasteiger partial charge in [0.05, 0.1) is 19.5 Å². The fraction of sp³-hybridized carbons (Fsp3) is 0.0625. The van der Waals surface area contributed by atoms with Crippen molar-refractivity contribution in [2.45, 2.75) is 13.8 Å². The highest BCUT2D eigenvalue weighted by Crippen LogP contribution is 2.43. The van der Waals surface area contributed by atoms with Crippen LogP contribution in [0.15, 0.2) is 71.8 Å². The van der Waals surface area contributed by atoms with Gasteiger partial charge < -0.3 is 0 Å². The summed E-state index contributed by atoms with van der Waals surface area (Å²) in [7, 11) is 0. The molecule has 0 N–H and O–H groups in total. The zero-order chi connectivity index (χ0) is 26.3. The van der Waals surface area contributed by atoms with Gasteiger partial charge in [0, 0.05) is 52.6 Å². The largest absolute Gasteiger partial charge is 0.136 e. The average molecular weight is 595 g/mol. The summed E-state index contributed by atoms with van der Waals surface area (Å²) in [6.07, 6.45) is 4.36. The molecular formula is C32H18S6. The highest BCUT2D eigenvalue weighted by molar-refractivity contribution is 7.84. The molecule has 2 aliphatic carbocycles. The number of thiophene rings is 2. The minimum Gasteiger partial charge on any atom is -0.136 e. The third-order valence-corrected chi connectivity index (χ3v) is 11.5. The van der Waals surface area contributed by atoms with Crippen LogP contribution >= 0.6 is 71.5 Å². The van der Waals surface area contributed by atoms with Gasteiger partial charge in [-0.1, -0.05) is 97.4 Å². The van der Waals surface area contributed by atoms with Crippen LogP contribution in [0.1, 0.15) is 43.1 Å². The van der Waals surface area contributed by atoms with Crippen LogP contribution < -0.4 is 0 Å². The SMILES string of the molecule is Cc1c2cc(C=C3C(=S)c4ccccc4C3=S)sc2c(C)c2cc(C=C3C(=S)c4ccccc4C3=S)sc12. The van der Waals surface area contributed by atoms with E-state index in [1.54, 1.807) is 0 Å². The molecule has 0 unspecified atom stereocenters. The van der Waals surface area contributed by atoms with Gasteiger partial charge in [0.2, 0.25) is 0 Å². The lowest BCUT2D eigenvalue weighted by molar-refractivity contribution is 1.58. The molecule has 0 radical (unpaired) electrons. The van der Waals surface area contributed by atoms with Crippen LogP contribution in [0.5, 0.6) is 0 Å². The second-order valence-electron chi connectivity index (χ2n) is 9.56. The molecule has 0 nitrogen and oxygen atoms in total. The van der Waals surface area contributed by atoms with Crippen LogP contribution in [0, 0.1) is 13.8 Å². The number of fused-ring (bicyclic) bond motifs is 4. The monoisotopic (exact) mass is 594 g/mol. The predicted octanol–water partition coefficient (Wildman–Crippen LogP) is 9.80. The first-order chi connectivity index (χ1) is 18.3. The van der Waals surface area contributed by atoms with Crippen molar-refractivity contribution >= 4 is 123 Å². The van der Waals surface area contributed by atoms with Gasteiger partial charge in [-0.15, -0.1) is 22.7 Å². The summed E-state index contributed by atoms with van der Waals surface area (Å²) >= 11 is 26.8. The average Bonchev–Trinajstić information content (AvgIpc) is 3.67. The van der Waals surface area contributed by atoms with E-state index in [1.165, 1.54) is 41.1 Å². The first-order valence-electron chi connectivity index (χ1n) is 12.1. The van der Waals surface area contributed by atoms with Crippen molar-refractivity contribution in [3.05, 3.63) is 115 Å². The van der Waals surface area contributed by atoms with Crippen molar-refractivity contribution < 1.29 is 0 Å². The molecule has 7 rings (SSSR count). The normalized spacial score (nSPS) is 14.7. The summed E-state index contributed by atoms with van der Waals surface area (Å²) in [5, 5.41) is 2.58. The Bertz CT molecular complexity index is 1730. The lowest BCUT2D eigenvalue weighted by Crippen LogP contribution is -1.97. The summed E-state index contributed by atoms with van der Waals surface area (Å²) in [6.45, 7) is 4.45. The minimum absolute atomic E-state index is 0.847. The van der Waals surface area contributed by atoms with Crippen LogP contribution in [0.3, 0.4) is 0 Å². The van der Waals surface area contributed by atoms with Crippen LogP contribution in [-0.2, 0) is 0 Å². The fourth-order valence-corrected chi connectivity index (χ4v) is 9.25. The van der Waals surface area contributed by atoms with Gasteiger partial charge >= 0.3 is 0 Å². The van der Waals surface area contributed by atoms with E-state index in [0.717, 1.165) is 52.9 Å². The van der Waals surface area contributed by atoms with Gasteiger partial charge in [0.25, 0.3) is 0 Å². The molecular weight excluding hydrogens is 577 g/mol. The third kappa shape index (κ3) is 3.55. The summed E-state index contributed by atoms with van der Waals surface area (Å²) in [5.41, 5.74) is 8.85. The van der Waals surface area contributed by atoms with Gasteiger partial charge in [-0.2, -0.15) is 0 Å². The van der Waals surface area contributed by atoms with E-state index in [9.17, 15) is 0 Å². The van der Waals surface area contributed by atoms with Crippen LogP contribution in [-0.4, -0.2) is 19.5 Å². The molecule has 2 aromatic heterocycles. The van der Waals surface area contributed by atoms with Crippen LogP contribution in [0.25, 0.3) is 32.3 Å². The summed E-state index contributed by atoms with van der Waals surface area (Å²) in [4.78, 5) is 5.75. The molecule has 0 atom stereocenters. The maximum atomic E-state index is 5.80. The first kappa shape index (κ1) is 24.5. The Morgan fingerprint density at radius 2 is 0.842 bits per heavy atom. The maximum Gasteiger partial charge on any atom is 0.0543 e. The number of benzene rings is 3. The van der Waals surface area contributed by atoms with E-state index < -0.39 is 0 Å². The molecule has 2 aliphatic rings. The van der Waals surface area contributed by atoms with Gasteiger partial charge in [-0.05, 0) is 60.0 Å². The number of hydrogen-bond donors (Lipinski definition) is 0. The van der Waals surface area contributed by atoms with E-state index in [-0.39, 0.29) is 0 Å². The number of allylic oxidation sites excluding steroid dienone is 2. The molecule has 0 aliphatic heterocycles. The Hall–Kier alpha value is -2.58. The topological polar surface area (TPSA) is 0 Å². The molecule has 0 fully saturated rings. The number of rotatable bonds is 2. The molecule has 38 heavy (non-hydrogen) atoms. The second-order valence-corrected chi connectivity index (χ2v) is 13.4. The molecule has 0 amide bonds. The second kappa shape index (κ2) is 8.98. The zero-order valence-corrected chi connectivity index (χ0v) is 25.3. The predicted molar refractivity (Wildman–Crippen MR) is 182 cm³/mol. The van der Waals surface area contributed by atoms with E-state index in [0.29, 0.717) is 0 Å². The van der Waals surface area contributed by atoms with Crippen LogP contribution in [0.2, 0.25) is 0 Å². The molecule has 3 aromatic carbocycles. The number of hydrogen-bond acceptors (Lipinski definition) is 6. The Kier molecular flexibility index (Phi) is 5.78. The molecule has 0 saturated heterocycles. The van der Waals surface area contributed by atoms with Crippen molar-refractivity contribution in [2.24, 2.45) is 0 Å². The van der Waals surface area contributed by atoms with Crippen molar-refractivity contribution in [1.82, 2.24) is 0 Å². The molecule has 0 bridgehead atoms. The molecule has 0 saturated carbocycles. The molecule has 182 valence electrons. The van der Waals surface area contributed by atoms with Crippen LogP contribution in [0.4, 0.5) is 0 Å². The Balaban J connectivity index is 1.31. The van der Waals surface area contributed by atoms with E-state index in [4.69, 9.17) is 48.9 Å². The van der Waals surface area contributed by atoms with E-state index in [2.05, 4.69) is 62.4 Å². The fourth-order valence-electron chi connectivity index (χ4n) is 5.41. The number of thiocarbonyl (C=S) groups is 4. The third-order valence-electron chi connectivity index (χ3n) is 7.38. The maximum absolute atomic E-state index is 5.80. The molecule has 6 heteroatoms. The van der Waals surface area contributed by atoms with Gasteiger partial charge in [0.15, 0.2) is 0 Å². The molecule has 2 heterocycles. The summed E-state index contributed by atoms with van der Waals surface area (Å²) < 4.78 is 2.62.